The molecule has 118 valence electrons. The van der Waals surface area contributed by atoms with Crippen LogP contribution in [-0.2, 0) is 0 Å². The van der Waals surface area contributed by atoms with Gasteiger partial charge in [0.2, 0.25) is 5.82 Å². The summed E-state index contributed by atoms with van der Waals surface area (Å²) < 4.78 is 66.3. The summed E-state index contributed by atoms with van der Waals surface area (Å²) in [5.41, 5.74) is -0.699. The van der Waals surface area contributed by atoms with E-state index in [2.05, 4.69) is 21.2 Å². The first-order valence-electron chi connectivity index (χ1n) is 6.11. The van der Waals surface area contributed by atoms with Crippen LogP contribution in [0.3, 0.4) is 0 Å². The van der Waals surface area contributed by atoms with Crippen LogP contribution < -0.4 is 5.32 Å². The second-order valence-electron chi connectivity index (χ2n) is 4.65. The van der Waals surface area contributed by atoms with Gasteiger partial charge < -0.3 is 10.4 Å². The molecule has 1 aliphatic heterocycles. The van der Waals surface area contributed by atoms with Gasteiger partial charge >= 0.3 is 6.18 Å². The fraction of sp³-hybridized carbons (Fsp3) is 0.500. The van der Waals surface area contributed by atoms with E-state index in [1.54, 1.807) is 0 Å². The Balaban J connectivity index is 2.51. The highest BCUT2D eigenvalue weighted by molar-refractivity contribution is 9.10. The van der Waals surface area contributed by atoms with Gasteiger partial charge in [-0.25, -0.2) is 4.39 Å². The Morgan fingerprint density at radius 1 is 1.19 bits per heavy atom. The van der Waals surface area contributed by atoms with Gasteiger partial charge in [-0.2, -0.15) is 17.6 Å². The number of benzene rings is 1. The Labute approximate surface area is 125 Å². The molecular weight excluding hydrogens is 363 g/mol. The Hall–Kier alpha value is -0.930. The van der Waals surface area contributed by atoms with Gasteiger partial charge in [0.25, 0.3) is 0 Å². The normalized spacial score (nSPS) is 18.8. The molecule has 1 heterocycles. The highest BCUT2D eigenvalue weighted by Gasteiger charge is 2.47. The number of aromatic hydroxyl groups is 1. The maximum atomic E-state index is 13.5. The molecule has 0 unspecified atom stereocenters. The third-order valence-corrected chi connectivity index (χ3v) is 3.86. The van der Waals surface area contributed by atoms with Crippen molar-refractivity contribution in [2.75, 3.05) is 26.2 Å². The first kappa shape index (κ1) is 16.4. The fourth-order valence-corrected chi connectivity index (χ4v) is 2.75. The van der Waals surface area contributed by atoms with Crippen molar-refractivity contribution in [3.8, 4) is 5.75 Å². The molecule has 1 aromatic carbocycles. The summed E-state index contributed by atoms with van der Waals surface area (Å²) in [5, 5.41) is 12.5. The van der Waals surface area contributed by atoms with Crippen molar-refractivity contribution < 1.29 is 27.1 Å². The predicted molar refractivity (Wildman–Crippen MR) is 69.0 cm³/mol. The third kappa shape index (κ3) is 3.29. The minimum Gasteiger partial charge on any atom is -0.505 e. The van der Waals surface area contributed by atoms with E-state index < -0.39 is 39.6 Å². The van der Waals surface area contributed by atoms with Crippen LogP contribution in [0.1, 0.15) is 11.6 Å². The molecule has 0 bridgehead atoms. The summed E-state index contributed by atoms with van der Waals surface area (Å²) in [6.07, 6.45) is -4.72. The number of alkyl halides is 3. The van der Waals surface area contributed by atoms with E-state index in [1.807, 2.05) is 0 Å². The first-order valence-corrected chi connectivity index (χ1v) is 6.90. The maximum Gasteiger partial charge on any atom is 0.408 e. The van der Waals surface area contributed by atoms with Gasteiger partial charge in [0.05, 0.1) is 4.47 Å². The van der Waals surface area contributed by atoms with Crippen LogP contribution in [0, 0.1) is 11.6 Å². The average Bonchev–Trinajstić information content (AvgIpc) is 2.42. The molecule has 1 fully saturated rings. The molecule has 2 rings (SSSR count). The van der Waals surface area contributed by atoms with Crippen LogP contribution in [0.2, 0.25) is 0 Å². The standard InChI is InChI=1S/C12H12BrF5N2O/c13-7-5-6(10(21)9(15)8(7)14)11(12(16,17)18)20-3-1-19-2-4-20/h5,11,19,21H,1-4H2/t11-/m1/s1. The van der Waals surface area contributed by atoms with Crippen LogP contribution >= 0.6 is 15.9 Å². The van der Waals surface area contributed by atoms with Gasteiger partial charge in [0.15, 0.2) is 11.6 Å². The van der Waals surface area contributed by atoms with Crippen LogP contribution in [0.15, 0.2) is 10.5 Å². The van der Waals surface area contributed by atoms with Crippen molar-refractivity contribution >= 4 is 15.9 Å². The Kier molecular flexibility index (Phi) is 4.74. The third-order valence-electron chi connectivity index (χ3n) is 3.29. The molecule has 2 N–H and O–H groups in total. The summed E-state index contributed by atoms with van der Waals surface area (Å²) in [5.74, 6) is -4.42. The Morgan fingerprint density at radius 3 is 2.29 bits per heavy atom. The number of rotatable bonds is 2. The Bertz CT molecular complexity index is 531. The second kappa shape index (κ2) is 6.05. The largest absolute Gasteiger partial charge is 0.505 e. The molecule has 0 spiro atoms. The van der Waals surface area contributed by atoms with Gasteiger partial charge in [-0.1, -0.05) is 0 Å². The first-order chi connectivity index (χ1) is 9.73. The lowest BCUT2D eigenvalue weighted by atomic mass is 10.0. The van der Waals surface area contributed by atoms with Crippen LogP contribution in [-0.4, -0.2) is 42.4 Å². The molecule has 21 heavy (non-hydrogen) atoms. The van der Waals surface area contributed by atoms with Crippen molar-refractivity contribution in [3.63, 3.8) is 0 Å². The fourth-order valence-electron chi connectivity index (χ4n) is 2.33. The zero-order chi connectivity index (χ0) is 15.8. The van der Waals surface area contributed by atoms with E-state index >= 15 is 0 Å². The van der Waals surface area contributed by atoms with E-state index in [0.717, 1.165) is 11.0 Å². The molecule has 9 heteroatoms. The smallest absolute Gasteiger partial charge is 0.408 e. The van der Waals surface area contributed by atoms with Crippen molar-refractivity contribution in [3.05, 3.63) is 27.7 Å². The second-order valence-corrected chi connectivity index (χ2v) is 5.51. The molecule has 0 amide bonds. The predicted octanol–water partition coefficient (Wildman–Crippen LogP) is 2.94. The SMILES string of the molecule is Oc1c([C@@H](N2CCNCC2)C(F)(F)F)cc(Br)c(F)c1F. The summed E-state index contributed by atoms with van der Waals surface area (Å²) >= 11 is 2.67. The number of phenolic OH excluding ortho intramolecular Hbond substituents is 1. The molecule has 3 nitrogen and oxygen atoms in total. The quantitative estimate of drug-likeness (QED) is 0.617. The molecule has 1 atom stereocenters. The highest BCUT2D eigenvalue weighted by atomic mass is 79.9. The molecule has 1 saturated heterocycles. The topological polar surface area (TPSA) is 35.5 Å². The lowest BCUT2D eigenvalue weighted by Gasteiger charge is -2.36. The number of hydrogen-bond acceptors (Lipinski definition) is 3. The number of hydrogen-bond donors (Lipinski definition) is 2. The van der Waals surface area contributed by atoms with E-state index in [1.165, 1.54) is 0 Å². The zero-order valence-corrected chi connectivity index (χ0v) is 12.2. The molecule has 1 aliphatic rings. The number of nitrogens with zero attached hydrogens (tertiary/aromatic N) is 1. The lowest BCUT2D eigenvalue weighted by Crippen LogP contribution is -2.49. The summed E-state index contributed by atoms with van der Waals surface area (Å²) in [7, 11) is 0. The van der Waals surface area contributed by atoms with Crippen molar-refractivity contribution in [2.45, 2.75) is 12.2 Å². The van der Waals surface area contributed by atoms with Crippen molar-refractivity contribution in [1.82, 2.24) is 10.2 Å². The maximum absolute atomic E-state index is 13.5. The molecule has 0 saturated carbocycles. The van der Waals surface area contributed by atoms with Gasteiger partial charge in [-0.15, -0.1) is 0 Å². The highest BCUT2D eigenvalue weighted by Crippen LogP contribution is 2.43. The van der Waals surface area contributed by atoms with Gasteiger partial charge in [-0.3, -0.25) is 4.90 Å². The number of nitrogens with one attached hydrogen (secondary N) is 1. The summed E-state index contributed by atoms with van der Waals surface area (Å²) in [4.78, 5) is 1.08. The molecule has 1 aromatic rings. The van der Waals surface area contributed by atoms with Crippen LogP contribution in [0.5, 0.6) is 5.75 Å². The van der Waals surface area contributed by atoms with Gasteiger partial charge in [0.1, 0.15) is 6.04 Å². The van der Waals surface area contributed by atoms with Gasteiger partial charge in [-0.05, 0) is 22.0 Å². The number of piperazine rings is 1. The van der Waals surface area contributed by atoms with Crippen molar-refractivity contribution in [1.29, 1.82) is 0 Å². The number of phenols is 1. The molecule has 0 aliphatic carbocycles. The average molecular weight is 375 g/mol. The van der Waals surface area contributed by atoms with E-state index in [-0.39, 0.29) is 13.1 Å². The van der Waals surface area contributed by atoms with E-state index in [4.69, 9.17) is 0 Å². The van der Waals surface area contributed by atoms with E-state index in [0.29, 0.717) is 13.1 Å². The van der Waals surface area contributed by atoms with Crippen LogP contribution in [0.25, 0.3) is 0 Å². The number of halogens is 6. The molecule has 0 radical (unpaired) electrons. The summed E-state index contributed by atoms with van der Waals surface area (Å²) in [6, 6.07) is -1.42. The molecular formula is C12H12BrF5N2O. The van der Waals surface area contributed by atoms with Gasteiger partial charge in [0, 0.05) is 31.7 Å². The Morgan fingerprint density at radius 2 is 1.76 bits per heavy atom. The monoisotopic (exact) mass is 374 g/mol. The zero-order valence-electron chi connectivity index (χ0n) is 10.6. The minimum atomic E-state index is -4.72. The van der Waals surface area contributed by atoms with Crippen LogP contribution in [0.4, 0.5) is 22.0 Å². The summed E-state index contributed by atoms with van der Waals surface area (Å²) in [6.45, 7) is 0.858. The van der Waals surface area contributed by atoms with E-state index in [9.17, 15) is 27.1 Å². The lowest BCUT2D eigenvalue weighted by molar-refractivity contribution is -0.188. The minimum absolute atomic E-state index is 0.0836. The van der Waals surface area contributed by atoms with Crippen molar-refractivity contribution in [2.24, 2.45) is 0 Å². The molecule has 0 aromatic heterocycles.